The zero-order chi connectivity index (χ0) is 29.5. The van der Waals surface area contributed by atoms with Crippen LogP contribution in [0.4, 0.5) is 0 Å². The maximum Gasteiger partial charge on any atom is 0.241 e. The molecule has 210 valence electrons. The number of pyridine rings is 2. The van der Waals surface area contributed by atoms with Crippen molar-refractivity contribution in [1.29, 1.82) is 0 Å². The van der Waals surface area contributed by atoms with Crippen molar-refractivity contribution < 1.29 is 0 Å². The average molecular weight is 613 g/mol. The van der Waals surface area contributed by atoms with Crippen molar-refractivity contribution in [3.63, 3.8) is 0 Å². The molecule has 0 atom stereocenters. The van der Waals surface area contributed by atoms with E-state index in [-0.39, 0.29) is 0 Å². The normalized spacial score (nSPS) is 12.0. The van der Waals surface area contributed by atoms with Crippen LogP contribution in [-0.4, -0.2) is 29.5 Å². The van der Waals surface area contributed by atoms with Crippen LogP contribution in [0.25, 0.3) is 91.1 Å². The Morgan fingerprint density at radius 1 is 0.422 bits per heavy atom. The quantitative estimate of drug-likeness (QED) is 0.199. The van der Waals surface area contributed by atoms with E-state index >= 15 is 0 Å². The lowest BCUT2D eigenvalue weighted by Gasteiger charge is -2.11. The van der Waals surface area contributed by atoms with E-state index in [0.717, 1.165) is 44.0 Å². The number of aromatic nitrogens is 6. The topological polar surface area (TPSA) is 69.4 Å². The van der Waals surface area contributed by atoms with Gasteiger partial charge < -0.3 is 0 Å². The summed E-state index contributed by atoms with van der Waals surface area (Å²) < 4.78 is 6.84. The fraction of sp³-hybridized carbons (Fsp3) is 0. The van der Waals surface area contributed by atoms with Crippen LogP contribution in [-0.2, 0) is 0 Å². The first-order chi connectivity index (χ1) is 22.3. The monoisotopic (exact) mass is 612 g/mol. The predicted octanol–water partition coefficient (Wildman–Crippen LogP) is 9.83. The number of fused-ring (bicyclic) bond motifs is 9. The highest BCUT2D eigenvalue weighted by Crippen LogP contribution is 2.42. The number of thiophene rings is 2. The summed E-state index contributed by atoms with van der Waals surface area (Å²) in [5.74, 6) is 1.71. The minimum absolute atomic E-state index is 0.487. The highest BCUT2D eigenvalue weighted by Gasteiger charge is 2.22. The second-order valence-electron chi connectivity index (χ2n) is 10.9. The molecule has 0 radical (unpaired) electrons. The third-order valence-electron chi connectivity index (χ3n) is 8.40. The lowest BCUT2D eigenvalue weighted by molar-refractivity contribution is 0.936. The van der Waals surface area contributed by atoms with Gasteiger partial charge in [0.25, 0.3) is 0 Å². The highest BCUT2D eigenvalue weighted by atomic mass is 32.1. The van der Waals surface area contributed by atoms with E-state index in [9.17, 15) is 0 Å². The molecule has 0 amide bonds. The number of hydrogen-bond donors (Lipinski definition) is 0. The minimum atomic E-state index is 0.487. The summed E-state index contributed by atoms with van der Waals surface area (Å²) in [7, 11) is 0. The van der Waals surface area contributed by atoms with Crippen molar-refractivity contribution in [2.45, 2.75) is 0 Å². The van der Waals surface area contributed by atoms with Crippen LogP contribution in [0.1, 0.15) is 0 Å². The molecule has 0 fully saturated rings. The van der Waals surface area contributed by atoms with Crippen molar-refractivity contribution in [3.05, 3.63) is 122 Å². The van der Waals surface area contributed by atoms with Gasteiger partial charge in [0.05, 0.1) is 0 Å². The van der Waals surface area contributed by atoms with Crippen LogP contribution in [0.3, 0.4) is 0 Å². The molecule has 0 aliphatic carbocycles. The van der Waals surface area contributed by atoms with Crippen molar-refractivity contribution in [2.75, 3.05) is 0 Å². The Hall–Kier alpha value is -5.57. The molecule has 0 saturated carbocycles. The van der Waals surface area contributed by atoms with Gasteiger partial charge in [-0.2, -0.15) is 9.97 Å². The van der Waals surface area contributed by atoms with E-state index in [4.69, 9.17) is 24.9 Å². The summed E-state index contributed by atoms with van der Waals surface area (Å²) >= 11 is 3.57. The summed E-state index contributed by atoms with van der Waals surface area (Å²) in [4.78, 5) is 25.2. The largest absolute Gasteiger partial charge is 0.245 e. The molecule has 6 nitrogen and oxygen atoms in total. The Morgan fingerprint density at radius 2 is 0.889 bits per heavy atom. The summed E-state index contributed by atoms with van der Waals surface area (Å²) in [6.45, 7) is 0. The standard InChI is InChI=1S/C37H20N6S2/c1-3-15-27-23(9-1)31-25(11-5-17-29(31)44-27)33-40-34(26-12-6-18-30-32(26)24-10-2-4-16-28(24)45-30)42-37(41-33)43-35-21(13-7-19-38-35)22-14-8-20-39-36(22)43/h1-20H. The average Bonchev–Trinajstić information content (AvgIpc) is 3.77. The Kier molecular flexibility index (Phi) is 5.22. The summed E-state index contributed by atoms with van der Waals surface area (Å²) in [6.07, 6.45) is 3.61. The first-order valence-corrected chi connectivity index (χ1v) is 16.2. The van der Waals surface area contributed by atoms with E-state index in [1.807, 2.05) is 16.7 Å². The molecule has 0 unspecified atom stereocenters. The molecular weight excluding hydrogens is 593 g/mol. The molecule has 0 saturated heterocycles. The van der Waals surface area contributed by atoms with Crippen LogP contribution >= 0.6 is 22.7 Å². The maximum absolute atomic E-state index is 5.25. The van der Waals surface area contributed by atoms with Crippen molar-refractivity contribution in [3.8, 4) is 28.7 Å². The van der Waals surface area contributed by atoms with Crippen LogP contribution < -0.4 is 0 Å². The molecule has 8 heteroatoms. The Labute approximate surface area is 263 Å². The number of rotatable bonds is 3. The highest BCUT2D eigenvalue weighted by molar-refractivity contribution is 7.26. The summed E-state index contributed by atoms with van der Waals surface area (Å²) in [5.41, 5.74) is 3.46. The van der Waals surface area contributed by atoms with Gasteiger partial charge in [-0.05, 0) is 48.5 Å². The third kappa shape index (κ3) is 3.64. The third-order valence-corrected chi connectivity index (χ3v) is 10.7. The Morgan fingerprint density at radius 3 is 1.42 bits per heavy atom. The SMILES string of the molecule is c1ccc2c(c1)sc1cccc(-c3nc(-c4cccc5sc6ccccc6c45)nc(-n4c5ncccc5c5cccnc54)n3)c12. The molecule has 0 aliphatic rings. The van der Waals surface area contributed by atoms with E-state index in [0.29, 0.717) is 17.6 Å². The maximum atomic E-state index is 5.25. The zero-order valence-electron chi connectivity index (χ0n) is 23.5. The van der Waals surface area contributed by atoms with E-state index in [1.54, 1.807) is 35.1 Å². The fourth-order valence-corrected chi connectivity index (χ4v) is 8.75. The van der Waals surface area contributed by atoms with Gasteiger partial charge in [0.1, 0.15) is 11.3 Å². The van der Waals surface area contributed by atoms with Gasteiger partial charge in [0.15, 0.2) is 11.6 Å². The lowest BCUT2D eigenvalue weighted by atomic mass is 10.0. The first-order valence-electron chi connectivity index (χ1n) is 14.6. The van der Waals surface area contributed by atoms with Crippen molar-refractivity contribution in [2.24, 2.45) is 0 Å². The second kappa shape index (κ2) is 9.46. The Bertz CT molecular complexity index is 2610. The summed E-state index contributed by atoms with van der Waals surface area (Å²) in [6, 6.07) is 37.9. The molecule has 0 spiro atoms. The molecule has 0 bridgehead atoms. The van der Waals surface area contributed by atoms with Gasteiger partial charge in [-0.25, -0.2) is 19.5 Å². The molecule has 6 heterocycles. The zero-order valence-corrected chi connectivity index (χ0v) is 25.2. The van der Waals surface area contributed by atoms with Gasteiger partial charge in [0.2, 0.25) is 5.95 Å². The smallest absolute Gasteiger partial charge is 0.241 e. The second-order valence-corrected chi connectivity index (χ2v) is 13.1. The van der Waals surface area contributed by atoms with Gasteiger partial charge >= 0.3 is 0 Å². The van der Waals surface area contributed by atoms with Gasteiger partial charge in [-0.15, -0.1) is 22.7 Å². The van der Waals surface area contributed by atoms with Crippen LogP contribution in [0, 0.1) is 0 Å². The molecule has 45 heavy (non-hydrogen) atoms. The number of nitrogens with zero attached hydrogens (tertiary/aromatic N) is 6. The lowest BCUT2D eigenvalue weighted by Crippen LogP contribution is -2.07. The predicted molar refractivity (Wildman–Crippen MR) is 186 cm³/mol. The van der Waals surface area contributed by atoms with Gasteiger partial charge in [0, 0.05) is 74.6 Å². The molecule has 0 N–H and O–H groups in total. The molecule has 0 aliphatic heterocycles. The first kappa shape index (κ1) is 24.8. The van der Waals surface area contributed by atoms with Crippen LogP contribution in [0.5, 0.6) is 0 Å². The van der Waals surface area contributed by atoms with Gasteiger partial charge in [-0.1, -0.05) is 60.7 Å². The summed E-state index contributed by atoms with van der Waals surface area (Å²) in [5, 5.41) is 6.70. The van der Waals surface area contributed by atoms with Crippen molar-refractivity contribution >= 4 is 85.1 Å². The van der Waals surface area contributed by atoms with Crippen LogP contribution in [0.2, 0.25) is 0 Å². The van der Waals surface area contributed by atoms with Crippen molar-refractivity contribution in [1.82, 2.24) is 29.5 Å². The molecule has 4 aromatic carbocycles. The number of hydrogen-bond acceptors (Lipinski definition) is 7. The molecule has 10 rings (SSSR count). The van der Waals surface area contributed by atoms with E-state index in [2.05, 4.69) is 97.1 Å². The van der Waals surface area contributed by atoms with E-state index in [1.165, 1.54) is 29.6 Å². The van der Waals surface area contributed by atoms with Crippen LogP contribution in [0.15, 0.2) is 122 Å². The molecule has 10 aromatic rings. The minimum Gasteiger partial charge on any atom is -0.245 e. The number of benzene rings is 4. The van der Waals surface area contributed by atoms with E-state index < -0.39 is 0 Å². The Balaban J connectivity index is 1.34. The molecular formula is C37H20N6S2. The van der Waals surface area contributed by atoms with Gasteiger partial charge in [-0.3, -0.25) is 0 Å². The molecule has 6 aromatic heterocycles. The fourth-order valence-electron chi connectivity index (χ4n) is 6.49.